The Morgan fingerprint density at radius 3 is 3.00 bits per heavy atom. The van der Waals surface area contributed by atoms with Gasteiger partial charge in [0.1, 0.15) is 0 Å². The molecule has 98 valence electrons. The smallest absolute Gasteiger partial charge is 0.312 e. The van der Waals surface area contributed by atoms with Crippen molar-refractivity contribution in [1.29, 1.82) is 0 Å². The van der Waals surface area contributed by atoms with Crippen LogP contribution in [0, 0.1) is 10.1 Å². The summed E-state index contributed by atoms with van der Waals surface area (Å²) in [4.78, 5) is 14.5. The molecule has 1 aromatic heterocycles. The highest BCUT2D eigenvalue weighted by Gasteiger charge is 2.31. The number of nitro groups is 1. The Morgan fingerprint density at radius 1 is 1.67 bits per heavy atom. The molecule has 1 N–H and O–H groups in total. The van der Waals surface area contributed by atoms with Crippen LogP contribution in [0.4, 0.5) is 11.5 Å². The molecule has 6 nitrogen and oxygen atoms in total. The summed E-state index contributed by atoms with van der Waals surface area (Å²) in [5, 5.41) is 14.0. The fourth-order valence-corrected chi connectivity index (χ4v) is 2.25. The zero-order valence-electron chi connectivity index (χ0n) is 9.93. The van der Waals surface area contributed by atoms with Crippen LogP contribution >= 0.6 is 15.9 Å². The summed E-state index contributed by atoms with van der Waals surface area (Å²) in [5.41, 5.74) is -0.00997. The molecule has 1 heterocycles. The van der Waals surface area contributed by atoms with Gasteiger partial charge in [0, 0.05) is 29.4 Å². The second kappa shape index (κ2) is 5.62. The van der Waals surface area contributed by atoms with Crippen LogP contribution in [0.15, 0.2) is 16.7 Å². The first-order valence-electron chi connectivity index (χ1n) is 5.78. The summed E-state index contributed by atoms with van der Waals surface area (Å²) in [6, 6.07) is 1.66. The Hall–Kier alpha value is -1.21. The molecule has 0 bridgehead atoms. The molecule has 0 atom stereocenters. The number of aromatic nitrogens is 1. The Balaban J connectivity index is 2.00. The first kappa shape index (κ1) is 13.2. The highest BCUT2D eigenvalue weighted by molar-refractivity contribution is 9.10. The number of rotatable bonds is 5. The van der Waals surface area contributed by atoms with E-state index < -0.39 is 4.92 Å². The fraction of sp³-hybridized carbons (Fsp3) is 0.545. The van der Waals surface area contributed by atoms with Gasteiger partial charge >= 0.3 is 5.69 Å². The van der Waals surface area contributed by atoms with Gasteiger partial charge in [-0.2, -0.15) is 0 Å². The van der Waals surface area contributed by atoms with Gasteiger partial charge in [0.05, 0.1) is 11.0 Å². The van der Waals surface area contributed by atoms with Crippen LogP contribution in [0.3, 0.4) is 0 Å². The number of anilines is 1. The van der Waals surface area contributed by atoms with E-state index in [9.17, 15) is 10.1 Å². The molecular weight excluding hydrogens is 302 g/mol. The maximum Gasteiger partial charge on any atom is 0.312 e. The van der Waals surface area contributed by atoms with E-state index in [1.54, 1.807) is 6.20 Å². The summed E-state index contributed by atoms with van der Waals surface area (Å²) in [7, 11) is 0. The summed E-state index contributed by atoms with van der Waals surface area (Å²) >= 11 is 3.18. The normalized spacial score (nSPS) is 22.3. The largest absolute Gasteiger partial charge is 0.378 e. The standard InChI is InChI=1S/C11H14BrN3O3/c1-2-18-9-4-8(5-9)14-11-10(15(16)17)3-7(12)6-13-11/h3,6,8-9H,2,4-5H2,1H3,(H,13,14). The third-order valence-corrected chi connectivity index (χ3v) is 3.30. The van der Waals surface area contributed by atoms with Crippen molar-refractivity contribution >= 4 is 27.4 Å². The van der Waals surface area contributed by atoms with E-state index in [1.165, 1.54) is 6.07 Å². The monoisotopic (exact) mass is 315 g/mol. The van der Waals surface area contributed by atoms with E-state index in [2.05, 4.69) is 26.2 Å². The molecule has 18 heavy (non-hydrogen) atoms. The van der Waals surface area contributed by atoms with E-state index >= 15 is 0 Å². The van der Waals surface area contributed by atoms with Crippen LogP contribution in [-0.4, -0.2) is 28.7 Å². The molecule has 0 unspecified atom stereocenters. The van der Waals surface area contributed by atoms with E-state index in [0.717, 1.165) is 12.8 Å². The van der Waals surface area contributed by atoms with Gasteiger partial charge in [-0.15, -0.1) is 0 Å². The number of hydrogen-bond acceptors (Lipinski definition) is 5. The molecule has 7 heteroatoms. The number of pyridine rings is 1. The van der Waals surface area contributed by atoms with Crippen molar-refractivity contribution in [2.45, 2.75) is 31.9 Å². The zero-order chi connectivity index (χ0) is 13.1. The van der Waals surface area contributed by atoms with E-state index in [4.69, 9.17) is 4.74 Å². The molecule has 0 saturated heterocycles. The van der Waals surface area contributed by atoms with Crippen LogP contribution in [0.25, 0.3) is 0 Å². The SMILES string of the molecule is CCOC1CC(Nc2ncc(Br)cc2[N+](=O)[O-])C1. The molecule has 0 radical (unpaired) electrons. The molecule has 1 aromatic rings. The van der Waals surface area contributed by atoms with Crippen molar-refractivity contribution in [1.82, 2.24) is 4.98 Å². The lowest BCUT2D eigenvalue weighted by Crippen LogP contribution is -2.41. The summed E-state index contributed by atoms with van der Waals surface area (Å²) in [6.07, 6.45) is 3.54. The average molecular weight is 316 g/mol. The first-order chi connectivity index (χ1) is 8.60. The lowest BCUT2D eigenvalue weighted by atomic mass is 9.89. The lowest BCUT2D eigenvalue weighted by Gasteiger charge is -2.35. The molecule has 1 aliphatic rings. The van der Waals surface area contributed by atoms with Crippen LogP contribution < -0.4 is 5.32 Å². The lowest BCUT2D eigenvalue weighted by molar-refractivity contribution is -0.384. The van der Waals surface area contributed by atoms with Gasteiger partial charge in [0.2, 0.25) is 5.82 Å². The van der Waals surface area contributed by atoms with E-state index in [1.807, 2.05) is 6.92 Å². The number of nitrogens with zero attached hydrogens (tertiary/aromatic N) is 2. The van der Waals surface area contributed by atoms with Crippen LogP contribution in [0.1, 0.15) is 19.8 Å². The van der Waals surface area contributed by atoms with Crippen LogP contribution in [-0.2, 0) is 4.74 Å². The highest BCUT2D eigenvalue weighted by Crippen LogP contribution is 2.31. The number of nitrogens with one attached hydrogen (secondary N) is 1. The minimum absolute atomic E-state index is 0.00997. The third-order valence-electron chi connectivity index (χ3n) is 2.87. The van der Waals surface area contributed by atoms with Crippen molar-refractivity contribution < 1.29 is 9.66 Å². The maximum absolute atomic E-state index is 10.9. The van der Waals surface area contributed by atoms with Gasteiger partial charge in [-0.25, -0.2) is 4.98 Å². The molecule has 0 amide bonds. The van der Waals surface area contributed by atoms with Gasteiger partial charge in [-0.1, -0.05) is 0 Å². The minimum Gasteiger partial charge on any atom is -0.378 e. The second-order valence-corrected chi connectivity index (χ2v) is 5.08. The quantitative estimate of drug-likeness (QED) is 0.667. The zero-order valence-corrected chi connectivity index (χ0v) is 11.5. The molecule has 0 spiro atoms. The fourth-order valence-electron chi connectivity index (χ4n) is 1.93. The predicted octanol–water partition coefficient (Wildman–Crippen LogP) is 2.73. The van der Waals surface area contributed by atoms with Crippen molar-refractivity contribution in [2.75, 3.05) is 11.9 Å². The summed E-state index contributed by atoms with van der Waals surface area (Å²) in [5.74, 6) is 0.322. The van der Waals surface area contributed by atoms with E-state index in [0.29, 0.717) is 16.9 Å². The van der Waals surface area contributed by atoms with E-state index in [-0.39, 0.29) is 17.8 Å². The Morgan fingerprint density at radius 2 is 2.39 bits per heavy atom. The van der Waals surface area contributed by atoms with Gasteiger partial charge in [0.15, 0.2) is 0 Å². The highest BCUT2D eigenvalue weighted by atomic mass is 79.9. The van der Waals surface area contributed by atoms with Gasteiger partial charge in [-0.3, -0.25) is 10.1 Å². The topological polar surface area (TPSA) is 77.3 Å². The van der Waals surface area contributed by atoms with Crippen molar-refractivity contribution in [3.63, 3.8) is 0 Å². The van der Waals surface area contributed by atoms with Gasteiger partial charge in [-0.05, 0) is 35.7 Å². The first-order valence-corrected chi connectivity index (χ1v) is 6.57. The number of hydrogen-bond donors (Lipinski definition) is 1. The molecule has 0 aromatic carbocycles. The van der Waals surface area contributed by atoms with Gasteiger partial charge in [0.25, 0.3) is 0 Å². The Labute approximate surface area is 113 Å². The van der Waals surface area contributed by atoms with Crippen LogP contribution in [0.5, 0.6) is 0 Å². The van der Waals surface area contributed by atoms with Crippen molar-refractivity contribution in [3.05, 3.63) is 26.9 Å². The van der Waals surface area contributed by atoms with Crippen molar-refractivity contribution in [3.8, 4) is 0 Å². The molecule has 1 aliphatic carbocycles. The van der Waals surface area contributed by atoms with Crippen LogP contribution in [0.2, 0.25) is 0 Å². The predicted molar refractivity (Wildman–Crippen MR) is 70.7 cm³/mol. The molecule has 0 aliphatic heterocycles. The molecular formula is C11H14BrN3O3. The minimum atomic E-state index is -0.432. The van der Waals surface area contributed by atoms with Gasteiger partial charge < -0.3 is 10.1 Å². The summed E-state index contributed by atoms with van der Waals surface area (Å²) < 4.78 is 6.04. The maximum atomic E-state index is 10.9. The third kappa shape index (κ3) is 2.97. The molecule has 2 rings (SSSR count). The average Bonchev–Trinajstić information content (AvgIpc) is 2.28. The number of halogens is 1. The molecule has 1 fully saturated rings. The van der Waals surface area contributed by atoms with Crippen molar-refractivity contribution in [2.24, 2.45) is 0 Å². The molecule has 1 saturated carbocycles. The Bertz CT molecular complexity index is 449. The summed E-state index contributed by atoms with van der Waals surface area (Å²) in [6.45, 7) is 2.66. The number of ether oxygens (including phenoxy) is 1. The Kier molecular flexibility index (Phi) is 4.13. The second-order valence-electron chi connectivity index (χ2n) is 4.17.